The maximum Gasteiger partial charge on any atom is 0.271 e. The van der Waals surface area contributed by atoms with Crippen molar-refractivity contribution >= 4 is 11.6 Å². The second-order valence-corrected chi connectivity index (χ2v) is 6.00. The van der Waals surface area contributed by atoms with Gasteiger partial charge in [0.1, 0.15) is 5.75 Å². The van der Waals surface area contributed by atoms with Gasteiger partial charge in [0.15, 0.2) is 0 Å². The molecular weight excluding hydrogens is 324 g/mol. The summed E-state index contributed by atoms with van der Waals surface area (Å²) in [6.07, 6.45) is 0. The van der Waals surface area contributed by atoms with E-state index in [0.717, 1.165) is 16.8 Å². The van der Waals surface area contributed by atoms with E-state index in [9.17, 15) is 9.90 Å². The first-order chi connectivity index (χ1) is 12.6. The zero-order chi connectivity index (χ0) is 18.4. The Hall–Kier alpha value is -3.40. The number of nitrogens with zero attached hydrogens (tertiary/aromatic N) is 1. The predicted octanol–water partition coefficient (Wildman–Crippen LogP) is 4.33. The van der Waals surface area contributed by atoms with Crippen molar-refractivity contribution in [3.63, 3.8) is 0 Å². The normalized spacial score (nSPS) is 11.4. The van der Waals surface area contributed by atoms with Crippen LogP contribution in [0.4, 0.5) is 0 Å². The van der Waals surface area contributed by atoms with Crippen molar-refractivity contribution in [2.45, 2.75) is 12.8 Å². The number of aromatic hydroxyl groups is 1. The lowest BCUT2D eigenvalue weighted by atomic mass is 9.88. The van der Waals surface area contributed by atoms with Gasteiger partial charge < -0.3 is 5.11 Å². The molecule has 0 bridgehead atoms. The van der Waals surface area contributed by atoms with Crippen molar-refractivity contribution in [1.29, 1.82) is 0 Å². The van der Waals surface area contributed by atoms with Crippen molar-refractivity contribution < 1.29 is 9.90 Å². The standard InChI is InChI=1S/C22H20N2O2/c1-16(23-24-22(26)19-13-8-14-20(25)15-19)21(17-9-4-2-5-10-17)18-11-6-3-7-12-18/h2-15,21,25H,1H3,(H,24,26)/b23-16-. The monoisotopic (exact) mass is 344 g/mol. The molecule has 0 aliphatic rings. The number of nitrogens with one attached hydrogen (secondary N) is 1. The summed E-state index contributed by atoms with van der Waals surface area (Å²) in [5.74, 6) is -0.369. The topological polar surface area (TPSA) is 61.7 Å². The third-order valence-corrected chi connectivity index (χ3v) is 4.13. The summed E-state index contributed by atoms with van der Waals surface area (Å²) < 4.78 is 0. The Balaban J connectivity index is 1.87. The van der Waals surface area contributed by atoms with Crippen LogP contribution in [0.25, 0.3) is 0 Å². The first-order valence-corrected chi connectivity index (χ1v) is 8.38. The molecule has 0 saturated carbocycles. The van der Waals surface area contributed by atoms with E-state index in [1.165, 1.54) is 12.1 Å². The molecule has 0 saturated heterocycles. The summed E-state index contributed by atoms with van der Waals surface area (Å²) in [6.45, 7) is 1.90. The highest BCUT2D eigenvalue weighted by molar-refractivity contribution is 5.97. The summed E-state index contributed by atoms with van der Waals surface area (Å²) in [6, 6.07) is 26.3. The van der Waals surface area contributed by atoms with E-state index in [1.54, 1.807) is 12.1 Å². The van der Waals surface area contributed by atoms with Gasteiger partial charge in [-0.2, -0.15) is 5.10 Å². The molecule has 4 nitrogen and oxygen atoms in total. The number of rotatable bonds is 5. The fraction of sp³-hybridized carbons (Fsp3) is 0.0909. The van der Waals surface area contributed by atoms with E-state index in [2.05, 4.69) is 10.5 Å². The lowest BCUT2D eigenvalue weighted by molar-refractivity contribution is 0.0954. The molecule has 0 radical (unpaired) electrons. The molecule has 3 aromatic carbocycles. The van der Waals surface area contributed by atoms with Crippen LogP contribution in [0.15, 0.2) is 90.0 Å². The second kappa shape index (κ2) is 8.12. The Morgan fingerprint density at radius 3 is 2.00 bits per heavy atom. The van der Waals surface area contributed by atoms with E-state index in [-0.39, 0.29) is 17.6 Å². The number of carbonyl (C=O) groups excluding carboxylic acids is 1. The highest BCUT2D eigenvalue weighted by Gasteiger charge is 2.17. The van der Waals surface area contributed by atoms with Crippen LogP contribution in [-0.2, 0) is 0 Å². The summed E-state index contributed by atoms with van der Waals surface area (Å²) in [5, 5.41) is 13.8. The van der Waals surface area contributed by atoms with Crippen molar-refractivity contribution in [3.05, 3.63) is 102 Å². The van der Waals surface area contributed by atoms with Crippen molar-refractivity contribution in [2.75, 3.05) is 0 Å². The van der Waals surface area contributed by atoms with Gasteiger partial charge in [0.25, 0.3) is 5.91 Å². The van der Waals surface area contributed by atoms with Crippen LogP contribution in [0, 0.1) is 0 Å². The summed E-state index contributed by atoms with van der Waals surface area (Å²) >= 11 is 0. The van der Waals surface area contributed by atoms with Gasteiger partial charge in [-0.15, -0.1) is 0 Å². The first kappa shape index (κ1) is 17.4. The lowest BCUT2D eigenvalue weighted by Gasteiger charge is -2.18. The molecule has 26 heavy (non-hydrogen) atoms. The summed E-state index contributed by atoms with van der Waals surface area (Å²) in [5.41, 5.74) is 5.92. The molecule has 0 aromatic heterocycles. The smallest absolute Gasteiger partial charge is 0.271 e. The Morgan fingerprint density at radius 1 is 0.885 bits per heavy atom. The van der Waals surface area contributed by atoms with Crippen molar-refractivity contribution in [1.82, 2.24) is 5.43 Å². The predicted molar refractivity (Wildman–Crippen MR) is 103 cm³/mol. The molecule has 3 rings (SSSR count). The average Bonchev–Trinajstić information content (AvgIpc) is 2.68. The summed E-state index contributed by atoms with van der Waals surface area (Å²) in [4.78, 5) is 12.3. The molecule has 0 aliphatic carbocycles. The van der Waals surface area contributed by atoms with E-state index in [0.29, 0.717) is 5.56 Å². The Morgan fingerprint density at radius 2 is 1.46 bits per heavy atom. The summed E-state index contributed by atoms with van der Waals surface area (Å²) in [7, 11) is 0. The number of hydrogen-bond donors (Lipinski definition) is 2. The quantitative estimate of drug-likeness (QED) is 0.534. The van der Waals surface area contributed by atoms with Crippen LogP contribution in [0.3, 0.4) is 0 Å². The minimum absolute atomic E-state index is 0.0461. The largest absolute Gasteiger partial charge is 0.508 e. The van der Waals surface area contributed by atoms with Crippen molar-refractivity contribution in [2.24, 2.45) is 5.10 Å². The highest BCUT2D eigenvalue weighted by Crippen LogP contribution is 2.26. The zero-order valence-electron chi connectivity index (χ0n) is 14.5. The van der Waals surface area contributed by atoms with Gasteiger partial charge >= 0.3 is 0 Å². The molecule has 0 spiro atoms. The molecular formula is C22H20N2O2. The van der Waals surface area contributed by atoms with Crippen LogP contribution in [0.1, 0.15) is 34.3 Å². The molecule has 0 fully saturated rings. The average molecular weight is 344 g/mol. The number of amides is 1. The number of carbonyl (C=O) groups is 1. The molecule has 0 unspecified atom stereocenters. The number of phenols is 1. The zero-order valence-corrected chi connectivity index (χ0v) is 14.5. The van der Waals surface area contributed by atoms with E-state index < -0.39 is 0 Å². The fourth-order valence-electron chi connectivity index (χ4n) is 2.88. The Kier molecular flexibility index (Phi) is 5.44. The third-order valence-electron chi connectivity index (χ3n) is 4.13. The maximum atomic E-state index is 12.3. The third kappa shape index (κ3) is 4.16. The van der Waals surface area contributed by atoms with E-state index in [1.807, 2.05) is 67.6 Å². The van der Waals surface area contributed by atoms with Gasteiger partial charge in [-0.1, -0.05) is 66.7 Å². The van der Waals surface area contributed by atoms with E-state index >= 15 is 0 Å². The van der Waals surface area contributed by atoms with Gasteiger partial charge in [-0.25, -0.2) is 5.43 Å². The lowest BCUT2D eigenvalue weighted by Crippen LogP contribution is -2.21. The van der Waals surface area contributed by atoms with Gasteiger partial charge in [0.2, 0.25) is 0 Å². The minimum Gasteiger partial charge on any atom is -0.508 e. The minimum atomic E-state index is -0.361. The second-order valence-electron chi connectivity index (χ2n) is 6.00. The van der Waals surface area contributed by atoms with Gasteiger partial charge in [-0.3, -0.25) is 4.79 Å². The molecule has 1 amide bonds. The van der Waals surface area contributed by atoms with Crippen LogP contribution in [-0.4, -0.2) is 16.7 Å². The molecule has 0 aliphatic heterocycles. The Bertz CT molecular complexity index is 866. The fourth-order valence-corrected chi connectivity index (χ4v) is 2.88. The molecule has 2 N–H and O–H groups in total. The molecule has 0 heterocycles. The van der Waals surface area contributed by atoms with Crippen LogP contribution < -0.4 is 5.43 Å². The number of hydrogen-bond acceptors (Lipinski definition) is 3. The first-order valence-electron chi connectivity index (χ1n) is 8.38. The number of benzene rings is 3. The Labute approximate surface area is 152 Å². The van der Waals surface area contributed by atoms with E-state index in [4.69, 9.17) is 0 Å². The highest BCUT2D eigenvalue weighted by atomic mass is 16.3. The number of phenolic OH excluding ortho intramolecular Hbond substituents is 1. The molecule has 130 valence electrons. The molecule has 0 atom stereocenters. The van der Waals surface area contributed by atoms with Gasteiger partial charge in [0, 0.05) is 17.2 Å². The molecule has 3 aromatic rings. The van der Waals surface area contributed by atoms with Crippen LogP contribution in [0.2, 0.25) is 0 Å². The van der Waals surface area contributed by atoms with Crippen molar-refractivity contribution in [3.8, 4) is 5.75 Å². The number of hydrazone groups is 1. The van der Waals surface area contributed by atoms with Crippen LogP contribution >= 0.6 is 0 Å². The van der Waals surface area contributed by atoms with Gasteiger partial charge in [-0.05, 0) is 36.2 Å². The van der Waals surface area contributed by atoms with Gasteiger partial charge in [0.05, 0.1) is 0 Å². The molecule has 4 heteroatoms. The maximum absolute atomic E-state index is 12.3. The van der Waals surface area contributed by atoms with Crippen LogP contribution in [0.5, 0.6) is 5.75 Å². The SMILES string of the molecule is C/C(=N/NC(=O)c1cccc(O)c1)C(c1ccccc1)c1ccccc1.